The van der Waals surface area contributed by atoms with E-state index in [9.17, 15) is 4.79 Å². The molecule has 0 amide bonds. The van der Waals surface area contributed by atoms with Crippen LogP contribution in [0.25, 0.3) is 0 Å². The molecule has 1 heterocycles. The van der Waals surface area contributed by atoms with Crippen molar-refractivity contribution in [3.63, 3.8) is 0 Å². The smallest absolute Gasteiger partial charge is 0.216 e. The molecule has 1 aromatic heterocycles. The first-order valence-electron chi connectivity index (χ1n) is 4.92. The van der Waals surface area contributed by atoms with Crippen LogP contribution in [0.2, 0.25) is 10.0 Å². The molecule has 88 valence electrons. The Morgan fingerprint density at radius 3 is 2.76 bits per heavy atom. The first-order valence-corrected chi connectivity index (χ1v) is 5.67. The predicted molar refractivity (Wildman–Crippen MR) is 67.1 cm³/mol. The molecule has 0 unspecified atom stereocenters. The molecule has 0 spiro atoms. The maximum Gasteiger partial charge on any atom is 0.216 e. The second kappa shape index (κ2) is 5.25. The predicted octanol–water partition coefficient (Wildman–Crippen LogP) is 3.58. The Morgan fingerprint density at radius 1 is 1.24 bits per heavy atom. The molecule has 1 aromatic carbocycles. The van der Waals surface area contributed by atoms with E-state index in [2.05, 4.69) is 4.98 Å². The number of hydrogen-bond acceptors (Lipinski definition) is 2. The fraction of sp³-hybridized carbons (Fsp3) is 0.0833. The topological polar surface area (TPSA) is 42.1 Å². The molecule has 0 radical (unpaired) electrons. The molecule has 0 atom stereocenters. The van der Waals surface area contributed by atoms with Crippen molar-refractivity contribution >= 4 is 29.0 Å². The monoisotopic (exact) mass is 269 g/mol. The van der Waals surface area contributed by atoms with Gasteiger partial charge in [-0.3, -0.25) is 4.79 Å². The van der Waals surface area contributed by atoms with Gasteiger partial charge in [-0.2, -0.15) is 0 Å². The Labute approximate surface area is 108 Å². The lowest BCUT2D eigenvalue weighted by atomic mass is 10.3. The number of aromatic nitrogens is 1. The van der Waals surface area contributed by atoms with Crippen molar-refractivity contribution in [1.29, 1.82) is 0 Å². The molecule has 2 aromatic rings. The fourth-order valence-electron chi connectivity index (χ4n) is 1.32. The van der Waals surface area contributed by atoms with Gasteiger partial charge in [-0.25, -0.2) is 0 Å². The minimum Gasteiger partial charge on any atom is -0.484 e. The summed E-state index contributed by atoms with van der Waals surface area (Å²) in [5.74, 6) is 0.255. The second-order valence-corrected chi connectivity index (χ2v) is 4.13. The van der Waals surface area contributed by atoms with Crippen molar-refractivity contribution in [3.05, 3.63) is 52.3 Å². The summed E-state index contributed by atoms with van der Waals surface area (Å²) in [7, 11) is 0. The number of nitrogens with one attached hydrogen (secondary N) is 1. The highest BCUT2D eigenvalue weighted by Gasteiger charge is 2.10. The summed E-state index contributed by atoms with van der Waals surface area (Å²) >= 11 is 11.8. The number of benzene rings is 1. The van der Waals surface area contributed by atoms with Crippen LogP contribution in [-0.4, -0.2) is 17.4 Å². The average molecular weight is 270 g/mol. The molecule has 0 saturated heterocycles. The van der Waals surface area contributed by atoms with E-state index in [0.717, 1.165) is 0 Å². The molecule has 0 aliphatic heterocycles. The molecule has 1 N–H and O–H groups in total. The summed E-state index contributed by atoms with van der Waals surface area (Å²) in [5.41, 5.74) is 0.503. The van der Waals surface area contributed by atoms with Crippen molar-refractivity contribution in [3.8, 4) is 5.75 Å². The Hall–Kier alpha value is -1.45. The van der Waals surface area contributed by atoms with E-state index in [4.69, 9.17) is 27.9 Å². The summed E-state index contributed by atoms with van der Waals surface area (Å²) in [6, 6.07) is 8.47. The van der Waals surface area contributed by atoms with E-state index >= 15 is 0 Å². The summed E-state index contributed by atoms with van der Waals surface area (Å²) in [6.07, 6.45) is 1.68. The van der Waals surface area contributed by atoms with Gasteiger partial charge >= 0.3 is 0 Å². The standard InChI is InChI=1S/C12H9Cl2NO2/c13-8-3-1-5-11(12(8)14)17-7-10(16)9-4-2-6-15-9/h1-6,15H,7H2. The Kier molecular flexibility index (Phi) is 3.71. The van der Waals surface area contributed by atoms with E-state index in [1.807, 2.05) is 0 Å². The van der Waals surface area contributed by atoms with Gasteiger partial charge in [0.05, 0.1) is 10.7 Å². The van der Waals surface area contributed by atoms with Crippen LogP contribution in [0.5, 0.6) is 5.75 Å². The third-order valence-corrected chi connectivity index (χ3v) is 2.97. The van der Waals surface area contributed by atoms with E-state index in [-0.39, 0.29) is 12.4 Å². The normalized spacial score (nSPS) is 10.2. The third-order valence-electron chi connectivity index (χ3n) is 2.17. The van der Waals surface area contributed by atoms with Crippen LogP contribution in [0.1, 0.15) is 10.5 Å². The molecule has 17 heavy (non-hydrogen) atoms. The zero-order valence-corrected chi connectivity index (χ0v) is 10.3. The quantitative estimate of drug-likeness (QED) is 0.863. The number of halogens is 2. The number of carbonyl (C=O) groups excluding carboxylic acids is 1. The van der Waals surface area contributed by atoms with Gasteiger partial charge in [0.2, 0.25) is 5.78 Å². The molecule has 2 rings (SSSR count). The molecule has 0 saturated carbocycles. The van der Waals surface area contributed by atoms with Crippen LogP contribution in [-0.2, 0) is 0 Å². The van der Waals surface area contributed by atoms with E-state index in [0.29, 0.717) is 21.5 Å². The molecule has 0 bridgehead atoms. The van der Waals surface area contributed by atoms with Crippen LogP contribution in [0, 0.1) is 0 Å². The third kappa shape index (κ3) is 2.81. The number of aromatic amines is 1. The number of ketones is 1. The zero-order valence-electron chi connectivity index (χ0n) is 8.74. The fourth-order valence-corrected chi connectivity index (χ4v) is 1.67. The number of carbonyl (C=O) groups is 1. The van der Waals surface area contributed by atoms with Crippen LogP contribution >= 0.6 is 23.2 Å². The van der Waals surface area contributed by atoms with Gasteiger partial charge in [-0.1, -0.05) is 29.3 Å². The number of H-pyrrole nitrogens is 1. The largest absolute Gasteiger partial charge is 0.484 e. The van der Waals surface area contributed by atoms with E-state index in [1.165, 1.54) is 0 Å². The molecule has 0 aliphatic rings. The van der Waals surface area contributed by atoms with Crippen molar-refractivity contribution in [2.45, 2.75) is 0 Å². The highest BCUT2D eigenvalue weighted by atomic mass is 35.5. The van der Waals surface area contributed by atoms with Gasteiger partial charge in [0.1, 0.15) is 10.8 Å². The number of ether oxygens (including phenoxy) is 1. The van der Waals surface area contributed by atoms with Gasteiger partial charge < -0.3 is 9.72 Å². The maximum atomic E-state index is 11.6. The lowest BCUT2D eigenvalue weighted by Crippen LogP contribution is -2.12. The van der Waals surface area contributed by atoms with E-state index in [1.54, 1.807) is 36.5 Å². The Morgan fingerprint density at radius 2 is 2.06 bits per heavy atom. The van der Waals surface area contributed by atoms with Crippen molar-refractivity contribution in [2.75, 3.05) is 6.61 Å². The van der Waals surface area contributed by atoms with Gasteiger partial charge in [0.25, 0.3) is 0 Å². The van der Waals surface area contributed by atoms with E-state index < -0.39 is 0 Å². The first kappa shape index (κ1) is 12.0. The highest BCUT2D eigenvalue weighted by Crippen LogP contribution is 2.31. The second-order valence-electron chi connectivity index (χ2n) is 3.35. The summed E-state index contributed by atoms with van der Waals surface area (Å²) in [6.45, 7) is -0.0828. The maximum absolute atomic E-state index is 11.6. The summed E-state index contributed by atoms with van der Waals surface area (Å²) in [4.78, 5) is 14.5. The molecule has 5 heteroatoms. The SMILES string of the molecule is O=C(COc1cccc(Cl)c1Cl)c1ccc[nH]1. The minimum atomic E-state index is -0.147. The number of hydrogen-bond donors (Lipinski definition) is 1. The van der Waals surface area contributed by atoms with Crippen LogP contribution < -0.4 is 4.74 Å². The van der Waals surface area contributed by atoms with Crippen LogP contribution in [0.3, 0.4) is 0 Å². The highest BCUT2D eigenvalue weighted by molar-refractivity contribution is 6.42. The number of rotatable bonds is 4. The Balaban J connectivity index is 2.03. The summed E-state index contributed by atoms with van der Waals surface area (Å²) in [5, 5.41) is 0.713. The molecule has 3 nitrogen and oxygen atoms in total. The molecular formula is C12H9Cl2NO2. The average Bonchev–Trinajstić information content (AvgIpc) is 2.84. The lowest BCUT2D eigenvalue weighted by Gasteiger charge is -2.07. The molecular weight excluding hydrogens is 261 g/mol. The Bertz CT molecular complexity index is 523. The first-order chi connectivity index (χ1) is 8.18. The van der Waals surface area contributed by atoms with Gasteiger partial charge in [0.15, 0.2) is 6.61 Å². The minimum absolute atomic E-state index is 0.0828. The zero-order chi connectivity index (χ0) is 12.3. The van der Waals surface area contributed by atoms with Gasteiger partial charge in [-0.05, 0) is 24.3 Å². The van der Waals surface area contributed by atoms with Crippen molar-refractivity contribution < 1.29 is 9.53 Å². The van der Waals surface area contributed by atoms with Gasteiger partial charge in [0, 0.05) is 6.20 Å². The number of Topliss-reactive ketones (excluding diaryl/α,β-unsaturated/α-hetero) is 1. The van der Waals surface area contributed by atoms with Gasteiger partial charge in [-0.15, -0.1) is 0 Å². The van der Waals surface area contributed by atoms with Crippen molar-refractivity contribution in [1.82, 2.24) is 4.98 Å². The lowest BCUT2D eigenvalue weighted by molar-refractivity contribution is 0.0917. The van der Waals surface area contributed by atoms with Crippen LogP contribution in [0.15, 0.2) is 36.5 Å². The molecule has 0 aliphatic carbocycles. The van der Waals surface area contributed by atoms with Crippen LogP contribution in [0.4, 0.5) is 0 Å². The summed E-state index contributed by atoms with van der Waals surface area (Å²) < 4.78 is 5.32. The van der Waals surface area contributed by atoms with Crippen molar-refractivity contribution in [2.24, 2.45) is 0 Å². The molecule has 0 fully saturated rings.